The van der Waals surface area contributed by atoms with Crippen molar-refractivity contribution < 1.29 is 14.3 Å². The summed E-state index contributed by atoms with van der Waals surface area (Å²) in [6.07, 6.45) is 0. The third-order valence-electron chi connectivity index (χ3n) is 3.28. The van der Waals surface area contributed by atoms with E-state index in [2.05, 4.69) is 4.98 Å². The van der Waals surface area contributed by atoms with Gasteiger partial charge in [-0.1, -0.05) is 11.3 Å². The fourth-order valence-corrected chi connectivity index (χ4v) is 3.22. The molecule has 1 heterocycles. The summed E-state index contributed by atoms with van der Waals surface area (Å²) in [6.45, 7) is 2.91. The second kappa shape index (κ2) is 6.93. The molecule has 6 nitrogen and oxygen atoms in total. The fourth-order valence-electron chi connectivity index (χ4n) is 2.08. The Morgan fingerprint density at radius 1 is 1.18 bits per heavy atom. The number of nitrogens with zero attached hydrogens (tertiary/aromatic N) is 3. The molecule has 0 bridgehead atoms. The van der Waals surface area contributed by atoms with E-state index in [9.17, 15) is 4.79 Å². The Kier molecular flexibility index (Phi) is 5.20. The Balaban J connectivity index is 2.47. The van der Waals surface area contributed by atoms with Gasteiger partial charge in [0, 0.05) is 20.0 Å². The summed E-state index contributed by atoms with van der Waals surface area (Å²) in [5.74, 6) is 1.38. The summed E-state index contributed by atoms with van der Waals surface area (Å²) >= 11 is 1.44. The summed E-state index contributed by atoms with van der Waals surface area (Å²) in [5.41, 5.74) is 0.720. The molecule has 0 N–H and O–H groups in total. The van der Waals surface area contributed by atoms with Gasteiger partial charge in [-0.3, -0.25) is 9.69 Å². The van der Waals surface area contributed by atoms with E-state index >= 15 is 0 Å². The van der Waals surface area contributed by atoms with E-state index in [1.54, 1.807) is 26.0 Å². The highest BCUT2D eigenvalue weighted by Gasteiger charge is 2.20. The first-order valence-electron chi connectivity index (χ1n) is 6.92. The largest absolute Gasteiger partial charge is 0.495 e. The molecule has 22 heavy (non-hydrogen) atoms. The predicted octanol–water partition coefficient (Wildman–Crippen LogP) is 2.23. The second-order valence-corrected chi connectivity index (χ2v) is 6.10. The van der Waals surface area contributed by atoms with E-state index in [0.717, 1.165) is 22.5 Å². The van der Waals surface area contributed by atoms with Crippen LogP contribution in [0.25, 0.3) is 10.2 Å². The first-order valence-corrected chi connectivity index (χ1v) is 7.74. The van der Waals surface area contributed by atoms with Crippen LogP contribution in [0.5, 0.6) is 11.5 Å². The van der Waals surface area contributed by atoms with E-state index in [1.807, 2.05) is 31.1 Å². The maximum Gasteiger partial charge on any atom is 0.225 e. The van der Waals surface area contributed by atoms with Crippen LogP contribution in [-0.2, 0) is 4.79 Å². The van der Waals surface area contributed by atoms with Crippen LogP contribution in [0.2, 0.25) is 0 Å². The van der Waals surface area contributed by atoms with Gasteiger partial charge in [-0.05, 0) is 26.2 Å². The molecule has 0 aliphatic rings. The van der Waals surface area contributed by atoms with Crippen molar-refractivity contribution in [2.45, 2.75) is 6.92 Å². The quantitative estimate of drug-likeness (QED) is 0.816. The van der Waals surface area contributed by atoms with Gasteiger partial charge in [0.2, 0.25) is 5.91 Å². The monoisotopic (exact) mass is 323 g/mol. The molecule has 0 atom stereocenters. The first-order chi connectivity index (χ1) is 10.5. The molecule has 0 aliphatic heterocycles. The molecule has 1 aromatic heterocycles. The number of benzene rings is 1. The summed E-state index contributed by atoms with van der Waals surface area (Å²) in [6, 6.07) is 3.67. The minimum Gasteiger partial charge on any atom is -0.495 e. The van der Waals surface area contributed by atoms with Gasteiger partial charge in [0.15, 0.2) is 5.13 Å². The van der Waals surface area contributed by atoms with Crippen molar-refractivity contribution in [2.75, 3.05) is 46.3 Å². The highest BCUT2D eigenvalue weighted by molar-refractivity contribution is 7.22. The van der Waals surface area contributed by atoms with Crippen LogP contribution in [-0.4, -0.2) is 57.2 Å². The van der Waals surface area contributed by atoms with Crippen LogP contribution in [0.15, 0.2) is 12.1 Å². The number of anilines is 1. The van der Waals surface area contributed by atoms with Crippen LogP contribution in [0, 0.1) is 0 Å². The van der Waals surface area contributed by atoms with Gasteiger partial charge in [-0.25, -0.2) is 4.98 Å². The van der Waals surface area contributed by atoms with Gasteiger partial charge in [0.1, 0.15) is 21.7 Å². The number of aromatic nitrogens is 1. The topological polar surface area (TPSA) is 54.9 Å². The van der Waals surface area contributed by atoms with Gasteiger partial charge in [0.05, 0.1) is 14.2 Å². The van der Waals surface area contributed by atoms with Gasteiger partial charge in [-0.15, -0.1) is 0 Å². The van der Waals surface area contributed by atoms with Crippen molar-refractivity contribution in [3.63, 3.8) is 0 Å². The Bertz CT molecular complexity index is 628. The number of fused-ring (bicyclic) bond motifs is 1. The third-order valence-corrected chi connectivity index (χ3v) is 4.37. The number of ether oxygens (including phenoxy) is 2. The molecular formula is C15H21N3O3S. The van der Waals surface area contributed by atoms with Crippen molar-refractivity contribution in [1.82, 2.24) is 9.88 Å². The highest BCUT2D eigenvalue weighted by Crippen LogP contribution is 2.40. The fraction of sp³-hybridized carbons (Fsp3) is 0.467. The third kappa shape index (κ3) is 3.31. The molecule has 2 rings (SSSR count). The molecule has 0 saturated heterocycles. The number of carbonyl (C=O) groups excluding carboxylic acids is 1. The van der Waals surface area contributed by atoms with Gasteiger partial charge in [0.25, 0.3) is 0 Å². The molecule has 0 radical (unpaired) electrons. The van der Waals surface area contributed by atoms with Crippen molar-refractivity contribution in [3.8, 4) is 11.5 Å². The standard InChI is InChI=1S/C15H21N3O3S/c1-10(19)18(9-8-17(2)3)15-16-13-11(20-4)6-7-12(21-5)14(13)22-15/h6-7H,8-9H2,1-5H3. The lowest BCUT2D eigenvalue weighted by atomic mass is 10.3. The highest BCUT2D eigenvalue weighted by atomic mass is 32.1. The summed E-state index contributed by atoms with van der Waals surface area (Å²) < 4.78 is 11.6. The zero-order valence-electron chi connectivity index (χ0n) is 13.5. The Morgan fingerprint density at radius 3 is 2.36 bits per heavy atom. The van der Waals surface area contributed by atoms with E-state index in [-0.39, 0.29) is 5.91 Å². The van der Waals surface area contributed by atoms with Crippen molar-refractivity contribution in [1.29, 1.82) is 0 Å². The minimum absolute atomic E-state index is 0.0289. The first kappa shape index (κ1) is 16.5. The predicted molar refractivity (Wildman–Crippen MR) is 89.3 cm³/mol. The number of likely N-dealkylation sites (N-methyl/N-ethyl adjacent to an activating group) is 1. The lowest BCUT2D eigenvalue weighted by Crippen LogP contribution is -2.35. The number of thiazole rings is 1. The molecule has 120 valence electrons. The average molecular weight is 323 g/mol. The molecule has 0 spiro atoms. The SMILES string of the molecule is COc1ccc(OC)c2sc(N(CCN(C)C)C(C)=O)nc12. The zero-order chi connectivity index (χ0) is 16.3. The lowest BCUT2D eigenvalue weighted by Gasteiger charge is -2.20. The second-order valence-electron chi connectivity index (χ2n) is 5.12. The lowest BCUT2D eigenvalue weighted by molar-refractivity contribution is -0.116. The van der Waals surface area contributed by atoms with Crippen molar-refractivity contribution >= 4 is 32.6 Å². The maximum absolute atomic E-state index is 12.0. The van der Waals surface area contributed by atoms with Crippen molar-refractivity contribution in [3.05, 3.63) is 12.1 Å². The molecule has 2 aromatic rings. The Labute approximate surface area is 134 Å². The summed E-state index contributed by atoms with van der Waals surface area (Å²) in [7, 11) is 7.18. The Hall–Kier alpha value is -1.86. The molecule has 1 aromatic carbocycles. The molecular weight excluding hydrogens is 302 g/mol. The van der Waals surface area contributed by atoms with Crippen LogP contribution in [0.4, 0.5) is 5.13 Å². The maximum atomic E-state index is 12.0. The smallest absolute Gasteiger partial charge is 0.225 e. The number of rotatable bonds is 6. The number of carbonyl (C=O) groups is 1. The van der Waals surface area contributed by atoms with Gasteiger partial charge >= 0.3 is 0 Å². The molecule has 0 saturated carbocycles. The van der Waals surface area contributed by atoms with Gasteiger partial charge < -0.3 is 14.4 Å². The summed E-state index contributed by atoms with van der Waals surface area (Å²) in [5, 5.41) is 0.659. The van der Waals surface area contributed by atoms with Crippen LogP contribution in [0.3, 0.4) is 0 Å². The van der Waals surface area contributed by atoms with E-state index in [4.69, 9.17) is 9.47 Å². The van der Waals surface area contributed by atoms with Crippen LogP contribution in [0.1, 0.15) is 6.92 Å². The molecule has 1 amide bonds. The summed E-state index contributed by atoms with van der Waals surface area (Å²) in [4.78, 5) is 20.3. The minimum atomic E-state index is -0.0289. The zero-order valence-corrected chi connectivity index (χ0v) is 14.4. The van der Waals surface area contributed by atoms with Gasteiger partial charge in [-0.2, -0.15) is 0 Å². The van der Waals surface area contributed by atoms with Crippen molar-refractivity contribution in [2.24, 2.45) is 0 Å². The van der Waals surface area contributed by atoms with Crippen LogP contribution >= 0.6 is 11.3 Å². The molecule has 0 aliphatic carbocycles. The molecule has 7 heteroatoms. The van der Waals surface area contributed by atoms with E-state index < -0.39 is 0 Å². The molecule has 0 unspecified atom stereocenters. The molecule has 0 fully saturated rings. The Morgan fingerprint density at radius 2 is 1.82 bits per heavy atom. The average Bonchev–Trinajstić information content (AvgIpc) is 2.90. The number of methoxy groups -OCH3 is 2. The number of hydrogen-bond donors (Lipinski definition) is 0. The normalized spacial score (nSPS) is 11.0. The number of amides is 1. The van der Waals surface area contributed by atoms with E-state index in [1.165, 1.54) is 11.3 Å². The van der Waals surface area contributed by atoms with E-state index in [0.29, 0.717) is 17.4 Å². The number of hydrogen-bond acceptors (Lipinski definition) is 6. The van der Waals surface area contributed by atoms with Crippen LogP contribution < -0.4 is 14.4 Å².